The Morgan fingerprint density at radius 2 is 1.87 bits per heavy atom. The van der Waals surface area contributed by atoms with Crippen LogP contribution in [-0.2, 0) is 6.54 Å². The number of halogens is 1. The normalized spacial score (nSPS) is 15.6. The smallest absolute Gasteiger partial charge is 0.292 e. The lowest BCUT2D eigenvalue weighted by atomic mass is 10.2. The Bertz CT molecular complexity index is 700. The summed E-state index contributed by atoms with van der Waals surface area (Å²) in [6.45, 7) is 4.49. The van der Waals surface area contributed by atoms with Gasteiger partial charge in [0.25, 0.3) is 5.69 Å². The predicted octanol–water partition coefficient (Wildman–Crippen LogP) is 2.15. The van der Waals surface area contributed by atoms with Gasteiger partial charge < -0.3 is 9.80 Å². The Hall–Kier alpha value is -2.11. The van der Waals surface area contributed by atoms with E-state index in [1.54, 1.807) is 12.1 Å². The lowest BCUT2D eigenvalue weighted by Gasteiger charge is -2.33. The second-order valence-electron chi connectivity index (χ2n) is 5.79. The van der Waals surface area contributed by atoms with Crippen LogP contribution in [0.1, 0.15) is 5.56 Å². The number of hydrogen-bond donors (Lipinski definition) is 1. The number of benzene rings is 2. The maximum atomic E-state index is 11.2. The van der Waals surface area contributed by atoms with E-state index < -0.39 is 0 Å². The van der Waals surface area contributed by atoms with Gasteiger partial charge in [0.2, 0.25) is 0 Å². The molecule has 0 aromatic heterocycles. The highest BCUT2D eigenvalue weighted by Gasteiger charge is 2.25. The van der Waals surface area contributed by atoms with Crippen LogP contribution < -0.4 is 9.80 Å². The van der Waals surface area contributed by atoms with Crippen molar-refractivity contribution in [2.24, 2.45) is 0 Å². The molecule has 0 amide bonds. The third kappa shape index (κ3) is 3.81. The molecule has 2 aromatic rings. The van der Waals surface area contributed by atoms with Gasteiger partial charge in [-0.05, 0) is 18.2 Å². The molecule has 1 N–H and O–H groups in total. The number of para-hydroxylation sites is 2. The first-order valence-corrected chi connectivity index (χ1v) is 8.07. The van der Waals surface area contributed by atoms with Crippen LogP contribution in [0, 0.1) is 10.1 Å². The largest absolute Gasteiger partial charge is 0.355 e. The highest BCUT2D eigenvalue weighted by Crippen LogP contribution is 2.27. The third-order valence-corrected chi connectivity index (χ3v) is 4.47. The van der Waals surface area contributed by atoms with E-state index in [1.165, 1.54) is 10.5 Å². The molecule has 1 aliphatic heterocycles. The van der Waals surface area contributed by atoms with Gasteiger partial charge in [-0.15, -0.1) is 0 Å². The lowest BCUT2D eigenvalue weighted by Crippen LogP contribution is -3.13. The van der Waals surface area contributed by atoms with E-state index in [2.05, 4.69) is 11.0 Å². The molecule has 2 aromatic carbocycles. The second-order valence-corrected chi connectivity index (χ2v) is 6.23. The second kappa shape index (κ2) is 6.98. The molecule has 0 radical (unpaired) electrons. The van der Waals surface area contributed by atoms with Gasteiger partial charge in [0, 0.05) is 16.7 Å². The van der Waals surface area contributed by atoms with Crippen LogP contribution in [0.5, 0.6) is 0 Å². The van der Waals surface area contributed by atoms with Gasteiger partial charge in [-0.1, -0.05) is 35.9 Å². The number of nitro groups is 1. The zero-order valence-corrected chi connectivity index (χ0v) is 13.5. The van der Waals surface area contributed by atoms with Crippen molar-refractivity contribution in [3.8, 4) is 0 Å². The third-order valence-electron chi connectivity index (χ3n) is 4.23. The van der Waals surface area contributed by atoms with Gasteiger partial charge in [-0.25, -0.2) is 0 Å². The SMILES string of the molecule is O=[N+]([O-])c1ccccc1N1CC[NH+](Cc2cccc(Cl)c2)CC1. The number of rotatable bonds is 4. The molecular formula is C17H19ClN3O2+. The Balaban J connectivity index is 1.64. The molecule has 3 rings (SSSR count). The minimum atomic E-state index is -0.305. The minimum absolute atomic E-state index is 0.186. The van der Waals surface area contributed by atoms with Gasteiger partial charge in [0.05, 0.1) is 31.1 Å². The van der Waals surface area contributed by atoms with E-state index in [0.717, 1.165) is 43.4 Å². The molecule has 0 aliphatic carbocycles. The molecule has 120 valence electrons. The number of nitro benzene ring substituents is 1. The lowest BCUT2D eigenvalue weighted by molar-refractivity contribution is -0.914. The first-order valence-electron chi connectivity index (χ1n) is 7.70. The van der Waals surface area contributed by atoms with Gasteiger partial charge in [-0.2, -0.15) is 0 Å². The predicted molar refractivity (Wildman–Crippen MR) is 91.2 cm³/mol. The number of nitrogens with one attached hydrogen (secondary N) is 1. The first kappa shape index (κ1) is 15.8. The van der Waals surface area contributed by atoms with Gasteiger partial charge in [0.1, 0.15) is 12.2 Å². The van der Waals surface area contributed by atoms with Crippen LogP contribution in [0.4, 0.5) is 11.4 Å². The van der Waals surface area contributed by atoms with E-state index in [0.29, 0.717) is 0 Å². The maximum absolute atomic E-state index is 11.2. The summed E-state index contributed by atoms with van der Waals surface area (Å²) >= 11 is 6.03. The molecule has 5 nitrogen and oxygen atoms in total. The number of hydrogen-bond acceptors (Lipinski definition) is 3. The molecule has 0 unspecified atom stereocenters. The number of anilines is 1. The van der Waals surface area contributed by atoms with Crippen molar-refractivity contribution in [3.63, 3.8) is 0 Å². The van der Waals surface area contributed by atoms with Crippen LogP contribution in [0.15, 0.2) is 48.5 Å². The quantitative estimate of drug-likeness (QED) is 0.689. The zero-order valence-electron chi connectivity index (χ0n) is 12.7. The number of piperazine rings is 1. The Kier molecular flexibility index (Phi) is 4.79. The van der Waals surface area contributed by atoms with Crippen molar-refractivity contribution in [2.75, 3.05) is 31.1 Å². The average Bonchev–Trinajstić information content (AvgIpc) is 2.55. The summed E-state index contributed by atoms with van der Waals surface area (Å²) in [6, 6.07) is 14.9. The van der Waals surface area contributed by atoms with Crippen molar-refractivity contribution >= 4 is 23.0 Å². The highest BCUT2D eigenvalue weighted by molar-refractivity contribution is 6.30. The van der Waals surface area contributed by atoms with Gasteiger partial charge in [-0.3, -0.25) is 10.1 Å². The van der Waals surface area contributed by atoms with Crippen molar-refractivity contribution in [1.82, 2.24) is 0 Å². The van der Waals surface area contributed by atoms with Crippen LogP contribution in [0.2, 0.25) is 5.02 Å². The molecule has 1 heterocycles. The van der Waals surface area contributed by atoms with Crippen LogP contribution in [-0.4, -0.2) is 31.1 Å². The monoisotopic (exact) mass is 332 g/mol. The van der Waals surface area contributed by atoms with Crippen molar-refractivity contribution in [3.05, 3.63) is 69.2 Å². The molecule has 1 saturated heterocycles. The van der Waals surface area contributed by atoms with Crippen molar-refractivity contribution in [2.45, 2.75) is 6.54 Å². The van der Waals surface area contributed by atoms with Crippen LogP contribution in [0.25, 0.3) is 0 Å². The first-order chi connectivity index (χ1) is 11.1. The molecule has 23 heavy (non-hydrogen) atoms. The molecule has 0 atom stereocenters. The number of nitrogens with zero attached hydrogens (tertiary/aromatic N) is 2. The summed E-state index contributed by atoms with van der Waals surface area (Å²) in [7, 11) is 0. The minimum Gasteiger partial charge on any atom is -0.355 e. The summed E-state index contributed by atoms with van der Waals surface area (Å²) in [5.41, 5.74) is 2.14. The van der Waals surface area contributed by atoms with Gasteiger partial charge >= 0.3 is 0 Å². The fraction of sp³-hybridized carbons (Fsp3) is 0.294. The van der Waals surface area contributed by atoms with Gasteiger partial charge in [0.15, 0.2) is 0 Å². The van der Waals surface area contributed by atoms with E-state index in [4.69, 9.17) is 11.6 Å². The summed E-state index contributed by atoms with van der Waals surface area (Å²) in [5, 5.41) is 11.9. The summed E-state index contributed by atoms with van der Waals surface area (Å²) in [5.74, 6) is 0. The Morgan fingerprint density at radius 3 is 2.57 bits per heavy atom. The van der Waals surface area contributed by atoms with E-state index in [-0.39, 0.29) is 10.6 Å². The summed E-state index contributed by atoms with van der Waals surface area (Å²) < 4.78 is 0. The fourth-order valence-corrected chi connectivity index (χ4v) is 3.28. The molecule has 1 aliphatic rings. The molecular weight excluding hydrogens is 314 g/mol. The molecule has 6 heteroatoms. The van der Waals surface area contributed by atoms with Crippen molar-refractivity contribution in [1.29, 1.82) is 0 Å². The Labute approximate surface area is 140 Å². The fourth-order valence-electron chi connectivity index (χ4n) is 3.06. The molecule has 0 saturated carbocycles. The summed E-state index contributed by atoms with van der Waals surface area (Å²) in [6.07, 6.45) is 0. The van der Waals surface area contributed by atoms with E-state index in [9.17, 15) is 10.1 Å². The van der Waals surface area contributed by atoms with E-state index >= 15 is 0 Å². The molecule has 0 bridgehead atoms. The van der Waals surface area contributed by atoms with E-state index in [1.807, 2.05) is 30.3 Å². The standard InChI is InChI=1S/C17H18ClN3O2/c18-15-5-3-4-14(12-15)13-19-8-10-20(11-9-19)16-6-1-2-7-17(16)21(22)23/h1-7,12H,8-11,13H2/p+1. The van der Waals surface area contributed by atoms with Crippen molar-refractivity contribution < 1.29 is 9.82 Å². The molecule has 0 spiro atoms. The maximum Gasteiger partial charge on any atom is 0.292 e. The molecule has 1 fully saturated rings. The highest BCUT2D eigenvalue weighted by atomic mass is 35.5. The average molecular weight is 333 g/mol. The van der Waals surface area contributed by atoms with Crippen LogP contribution >= 0.6 is 11.6 Å². The van der Waals surface area contributed by atoms with Crippen LogP contribution in [0.3, 0.4) is 0 Å². The Morgan fingerprint density at radius 1 is 1.13 bits per heavy atom. The zero-order chi connectivity index (χ0) is 16.2. The topological polar surface area (TPSA) is 50.8 Å². The summed E-state index contributed by atoms with van der Waals surface area (Å²) in [4.78, 5) is 14.4. The number of quaternary nitrogens is 1.